The van der Waals surface area contributed by atoms with Crippen LogP contribution in [0.15, 0.2) is 36.4 Å². The van der Waals surface area contributed by atoms with Gasteiger partial charge in [-0.05, 0) is 104 Å². The minimum Gasteiger partial charge on any atom is -0.541 e. The van der Waals surface area contributed by atoms with Gasteiger partial charge in [-0.25, -0.2) is 4.79 Å². The zero-order chi connectivity index (χ0) is 18.8. The van der Waals surface area contributed by atoms with Crippen molar-refractivity contribution in [1.29, 1.82) is 0 Å². The average molecular weight is 685 g/mol. The van der Waals surface area contributed by atoms with Crippen LogP contribution in [0.2, 0.25) is 0 Å². The molecular weight excluding hydrogens is 679 g/mol. The lowest BCUT2D eigenvalue weighted by Crippen LogP contribution is -2.45. The minimum absolute atomic E-state index is 0.0919. The van der Waals surface area contributed by atoms with E-state index < -0.39 is 23.8 Å². The smallest absolute Gasteiger partial charge is 0.441 e. The average Bonchev–Trinajstić information content (AvgIpc) is 2.50. The van der Waals surface area contributed by atoms with E-state index in [1.54, 1.807) is 0 Å². The van der Waals surface area contributed by atoms with Gasteiger partial charge >= 0.3 is 12.1 Å². The summed E-state index contributed by atoms with van der Waals surface area (Å²) in [6, 6.07) is 8.13. The molecule has 0 spiro atoms. The second-order valence-corrected chi connectivity index (χ2v) is 8.09. The van der Waals surface area contributed by atoms with Crippen molar-refractivity contribution >= 4 is 79.7 Å². The number of halogens is 5. The standard InChI is InChI=1S/C15H7F2I3O5/c16-15(17,14(22)23)25-9-3-1-7(2-4-9)13(21)24-12-10(19)5-8(18)6-11(12)20/h1-6H,(H,22,23)/p-1. The third-order valence-corrected chi connectivity index (χ3v) is 4.96. The van der Waals surface area contributed by atoms with Crippen LogP contribution in [0.25, 0.3) is 0 Å². The summed E-state index contributed by atoms with van der Waals surface area (Å²) in [5, 5.41) is 10.2. The number of carboxylic acid groups (broad SMARTS) is 1. The van der Waals surface area contributed by atoms with Crippen LogP contribution in [0.4, 0.5) is 8.78 Å². The number of alkyl halides is 2. The molecule has 0 aromatic heterocycles. The van der Waals surface area contributed by atoms with Crippen molar-refractivity contribution in [2.24, 2.45) is 0 Å². The lowest BCUT2D eigenvalue weighted by Gasteiger charge is -2.18. The zero-order valence-electron chi connectivity index (χ0n) is 11.9. The Bertz CT molecular complexity index is 801. The van der Waals surface area contributed by atoms with E-state index in [0.717, 1.165) is 22.8 Å². The summed E-state index contributed by atoms with van der Waals surface area (Å²) in [5.74, 6) is -3.37. The SMILES string of the molecule is O=C(Oc1c(I)cc(I)cc1I)c1ccc(OC(F)(F)C(=O)[O-])cc1. The normalized spacial score (nSPS) is 11.1. The van der Waals surface area contributed by atoms with Crippen molar-refractivity contribution in [3.63, 3.8) is 0 Å². The van der Waals surface area contributed by atoms with Crippen LogP contribution in [-0.4, -0.2) is 18.0 Å². The Morgan fingerprint density at radius 1 is 1.00 bits per heavy atom. The van der Waals surface area contributed by atoms with Crippen LogP contribution >= 0.6 is 67.8 Å². The quantitative estimate of drug-likeness (QED) is 0.274. The molecule has 0 atom stereocenters. The number of esters is 1. The monoisotopic (exact) mass is 685 g/mol. The number of hydrogen-bond acceptors (Lipinski definition) is 5. The predicted molar refractivity (Wildman–Crippen MR) is 107 cm³/mol. The molecule has 2 aromatic carbocycles. The number of rotatable bonds is 5. The molecule has 0 radical (unpaired) electrons. The maximum absolute atomic E-state index is 12.9. The molecule has 0 N–H and O–H groups in total. The highest BCUT2D eigenvalue weighted by Crippen LogP contribution is 2.30. The number of carboxylic acids is 1. The van der Waals surface area contributed by atoms with Crippen LogP contribution < -0.4 is 14.6 Å². The summed E-state index contributed by atoms with van der Waals surface area (Å²) in [4.78, 5) is 22.4. The van der Waals surface area contributed by atoms with Gasteiger partial charge in [0.25, 0.3) is 0 Å². The number of hydrogen-bond donors (Lipinski definition) is 0. The van der Waals surface area contributed by atoms with E-state index in [1.807, 2.05) is 57.3 Å². The highest BCUT2D eigenvalue weighted by molar-refractivity contribution is 14.1. The van der Waals surface area contributed by atoms with Crippen LogP contribution in [0.3, 0.4) is 0 Å². The lowest BCUT2D eigenvalue weighted by atomic mass is 10.2. The van der Waals surface area contributed by atoms with Crippen molar-refractivity contribution in [2.75, 3.05) is 0 Å². The van der Waals surface area contributed by atoms with Gasteiger partial charge in [0, 0.05) is 3.57 Å². The number of carbonyl (C=O) groups excluding carboxylic acids is 2. The summed E-state index contributed by atoms with van der Waals surface area (Å²) in [7, 11) is 0. The molecule has 0 fully saturated rings. The van der Waals surface area contributed by atoms with Crippen LogP contribution in [-0.2, 0) is 4.79 Å². The Hall–Kier alpha value is -0.770. The first-order chi connectivity index (χ1) is 11.6. The number of ether oxygens (including phenoxy) is 2. The molecule has 132 valence electrons. The van der Waals surface area contributed by atoms with Gasteiger partial charge in [-0.2, -0.15) is 8.78 Å². The summed E-state index contributed by atoms with van der Waals surface area (Å²) >= 11 is 6.22. The van der Waals surface area contributed by atoms with Gasteiger partial charge in [0.05, 0.1) is 12.7 Å². The topological polar surface area (TPSA) is 75.7 Å². The van der Waals surface area contributed by atoms with Crippen molar-refractivity contribution in [3.05, 3.63) is 52.7 Å². The van der Waals surface area contributed by atoms with Crippen LogP contribution in [0.5, 0.6) is 11.5 Å². The van der Waals surface area contributed by atoms with E-state index in [9.17, 15) is 23.5 Å². The Morgan fingerprint density at radius 2 is 1.52 bits per heavy atom. The van der Waals surface area contributed by atoms with Crippen molar-refractivity contribution in [2.45, 2.75) is 6.11 Å². The highest BCUT2D eigenvalue weighted by atomic mass is 127. The van der Waals surface area contributed by atoms with E-state index in [1.165, 1.54) is 12.1 Å². The molecule has 2 rings (SSSR count). The summed E-state index contributed by atoms with van der Waals surface area (Å²) in [5.41, 5.74) is 0.0919. The first-order valence-electron chi connectivity index (χ1n) is 6.35. The molecule has 10 heteroatoms. The van der Waals surface area contributed by atoms with E-state index in [4.69, 9.17) is 4.74 Å². The predicted octanol–water partition coefficient (Wildman–Crippen LogP) is 3.44. The van der Waals surface area contributed by atoms with Crippen LogP contribution in [0, 0.1) is 10.7 Å². The molecule has 0 saturated heterocycles. The molecule has 0 bridgehead atoms. The Balaban J connectivity index is 2.15. The molecule has 0 aliphatic carbocycles. The van der Waals surface area contributed by atoms with E-state index in [2.05, 4.69) is 27.3 Å². The van der Waals surface area contributed by atoms with E-state index in [-0.39, 0.29) is 5.56 Å². The minimum atomic E-state index is -4.46. The first-order valence-corrected chi connectivity index (χ1v) is 9.59. The fraction of sp³-hybridized carbons (Fsp3) is 0.0667. The fourth-order valence-corrected chi connectivity index (χ4v) is 5.43. The van der Waals surface area contributed by atoms with Crippen molar-refractivity contribution in [3.8, 4) is 11.5 Å². The summed E-state index contributed by atoms with van der Waals surface area (Å²) in [6.07, 6.45) is -4.46. The maximum Gasteiger partial charge on any atom is 0.441 e. The summed E-state index contributed by atoms with van der Waals surface area (Å²) in [6.45, 7) is 0. The zero-order valence-corrected chi connectivity index (χ0v) is 18.4. The third kappa shape index (κ3) is 5.35. The van der Waals surface area contributed by atoms with Gasteiger partial charge in [-0.1, -0.05) is 0 Å². The number of carbonyl (C=O) groups is 2. The van der Waals surface area contributed by atoms with Gasteiger partial charge in [0.2, 0.25) is 0 Å². The van der Waals surface area contributed by atoms with Crippen molar-refractivity contribution in [1.82, 2.24) is 0 Å². The summed E-state index contributed by atoms with van der Waals surface area (Å²) < 4.78 is 37.7. The van der Waals surface area contributed by atoms with Gasteiger partial charge in [-0.3, -0.25) is 0 Å². The molecule has 5 nitrogen and oxygen atoms in total. The Morgan fingerprint density at radius 3 is 2.00 bits per heavy atom. The molecule has 0 aliphatic heterocycles. The first kappa shape index (κ1) is 20.5. The number of aliphatic carboxylic acids is 1. The molecular formula is C15H6F2I3O5-. The fourth-order valence-electron chi connectivity index (χ4n) is 1.63. The van der Waals surface area contributed by atoms with Crippen LogP contribution in [0.1, 0.15) is 10.4 Å². The van der Waals surface area contributed by atoms with Gasteiger partial charge in [0.1, 0.15) is 5.75 Å². The van der Waals surface area contributed by atoms with E-state index in [0.29, 0.717) is 5.75 Å². The molecule has 0 amide bonds. The highest BCUT2D eigenvalue weighted by Gasteiger charge is 2.34. The van der Waals surface area contributed by atoms with Gasteiger partial charge < -0.3 is 19.4 Å². The maximum atomic E-state index is 12.9. The second kappa shape index (κ2) is 8.28. The molecule has 0 aliphatic rings. The molecule has 2 aromatic rings. The third-order valence-electron chi connectivity index (χ3n) is 2.73. The molecule has 0 saturated carbocycles. The Labute approximate surface area is 181 Å². The molecule has 25 heavy (non-hydrogen) atoms. The molecule has 0 unspecified atom stereocenters. The van der Waals surface area contributed by atoms with Gasteiger partial charge in [0.15, 0.2) is 11.7 Å². The lowest BCUT2D eigenvalue weighted by molar-refractivity contribution is -0.350. The van der Waals surface area contributed by atoms with E-state index >= 15 is 0 Å². The van der Waals surface area contributed by atoms with Gasteiger partial charge in [-0.15, -0.1) is 0 Å². The second-order valence-electron chi connectivity index (χ2n) is 4.52. The number of benzene rings is 2. The molecule has 0 heterocycles. The van der Waals surface area contributed by atoms with Crippen molar-refractivity contribution < 1.29 is 33.0 Å². The largest absolute Gasteiger partial charge is 0.541 e. The Kier molecular flexibility index (Phi) is 6.80.